The van der Waals surface area contributed by atoms with Gasteiger partial charge in [0.05, 0.1) is 7.11 Å². The van der Waals surface area contributed by atoms with E-state index in [4.69, 9.17) is 11.6 Å². The second-order valence-electron chi connectivity index (χ2n) is 3.51. The maximum absolute atomic E-state index is 11.8. The molecule has 0 spiro atoms. The molecule has 0 bridgehead atoms. The van der Waals surface area contributed by atoms with Crippen molar-refractivity contribution in [2.45, 2.75) is 0 Å². The first-order chi connectivity index (χ1) is 9.58. The van der Waals surface area contributed by atoms with Crippen molar-refractivity contribution in [2.24, 2.45) is 0 Å². The van der Waals surface area contributed by atoms with E-state index in [2.05, 4.69) is 25.6 Å². The van der Waals surface area contributed by atoms with Gasteiger partial charge >= 0.3 is 6.09 Å². The van der Waals surface area contributed by atoms with Gasteiger partial charge in [-0.05, 0) is 29.8 Å². The van der Waals surface area contributed by atoms with Crippen LogP contribution in [0.25, 0.3) is 0 Å². The average Bonchev–Trinajstić information content (AvgIpc) is 2.86. The number of hydrogen-bond donors (Lipinski definition) is 2. The molecule has 0 aliphatic rings. The number of hydrogen-bond acceptors (Lipinski definition) is 6. The van der Waals surface area contributed by atoms with Crippen LogP contribution < -0.4 is 10.6 Å². The monoisotopic (exact) mass is 312 g/mol. The molecule has 0 aliphatic carbocycles. The number of nitrogens with one attached hydrogen (secondary N) is 2. The number of rotatable bonds is 3. The van der Waals surface area contributed by atoms with Gasteiger partial charge in [-0.1, -0.05) is 17.4 Å². The lowest BCUT2D eigenvalue weighted by atomic mass is 10.3. The van der Waals surface area contributed by atoms with Gasteiger partial charge in [0.2, 0.25) is 9.47 Å². The first-order valence-electron chi connectivity index (χ1n) is 5.34. The first kappa shape index (κ1) is 14.2. The predicted octanol–water partition coefficient (Wildman–Crippen LogP) is 2.62. The van der Waals surface area contributed by atoms with Crippen LogP contribution in [0, 0.1) is 0 Å². The van der Waals surface area contributed by atoms with Crippen molar-refractivity contribution >= 4 is 46.3 Å². The zero-order valence-corrected chi connectivity index (χ0v) is 11.8. The molecule has 1 aromatic carbocycles. The second kappa shape index (κ2) is 6.31. The number of ether oxygens (including phenoxy) is 1. The Bertz CT molecular complexity index is 646. The van der Waals surface area contributed by atoms with Crippen molar-refractivity contribution < 1.29 is 14.3 Å². The van der Waals surface area contributed by atoms with E-state index in [9.17, 15) is 9.59 Å². The lowest BCUT2D eigenvalue weighted by molar-refractivity contribution is 0.102. The van der Waals surface area contributed by atoms with E-state index in [1.54, 1.807) is 24.3 Å². The minimum Gasteiger partial charge on any atom is -0.453 e. The summed E-state index contributed by atoms with van der Waals surface area (Å²) in [6.45, 7) is 0. The summed E-state index contributed by atoms with van der Waals surface area (Å²) in [6, 6.07) is 6.59. The van der Waals surface area contributed by atoms with Gasteiger partial charge in [0.15, 0.2) is 0 Å². The molecule has 0 radical (unpaired) electrons. The van der Waals surface area contributed by atoms with Gasteiger partial charge in [-0.15, -0.1) is 10.2 Å². The minimum absolute atomic E-state index is 0.154. The van der Waals surface area contributed by atoms with Crippen LogP contribution in [0.15, 0.2) is 24.3 Å². The fraction of sp³-hybridized carbons (Fsp3) is 0.0909. The lowest BCUT2D eigenvalue weighted by Crippen LogP contribution is -2.13. The highest BCUT2D eigenvalue weighted by Crippen LogP contribution is 2.19. The Morgan fingerprint density at radius 1 is 1.25 bits per heavy atom. The fourth-order valence-corrected chi connectivity index (χ4v) is 2.05. The van der Waals surface area contributed by atoms with E-state index in [0.29, 0.717) is 11.4 Å². The smallest absolute Gasteiger partial charge is 0.411 e. The molecule has 104 valence electrons. The van der Waals surface area contributed by atoms with Crippen LogP contribution in [-0.4, -0.2) is 29.3 Å². The van der Waals surface area contributed by atoms with Crippen LogP contribution in [0.3, 0.4) is 0 Å². The number of nitrogens with zero attached hydrogens (tertiary/aromatic N) is 2. The van der Waals surface area contributed by atoms with E-state index in [-0.39, 0.29) is 9.47 Å². The SMILES string of the molecule is COC(=O)Nc1cccc(NC(=O)c2nnc(Cl)s2)c1. The Labute approximate surface area is 122 Å². The normalized spacial score (nSPS) is 9.90. The third kappa shape index (κ3) is 3.65. The molecule has 0 saturated carbocycles. The summed E-state index contributed by atoms with van der Waals surface area (Å²) >= 11 is 6.58. The average molecular weight is 313 g/mol. The van der Waals surface area contributed by atoms with Crippen LogP contribution in [0.5, 0.6) is 0 Å². The van der Waals surface area contributed by atoms with Gasteiger partial charge in [-0.2, -0.15) is 0 Å². The molecule has 2 rings (SSSR count). The maximum atomic E-state index is 11.8. The number of benzene rings is 1. The Kier molecular flexibility index (Phi) is 4.49. The van der Waals surface area contributed by atoms with Crippen LogP contribution in [0.4, 0.5) is 16.2 Å². The number of halogens is 1. The van der Waals surface area contributed by atoms with E-state index < -0.39 is 12.0 Å². The quantitative estimate of drug-likeness (QED) is 0.908. The van der Waals surface area contributed by atoms with Crippen molar-refractivity contribution in [1.29, 1.82) is 0 Å². The first-order valence-corrected chi connectivity index (χ1v) is 6.53. The maximum Gasteiger partial charge on any atom is 0.411 e. The van der Waals surface area contributed by atoms with Gasteiger partial charge in [0.25, 0.3) is 5.91 Å². The van der Waals surface area contributed by atoms with E-state index >= 15 is 0 Å². The zero-order chi connectivity index (χ0) is 14.5. The number of amides is 2. The summed E-state index contributed by atoms with van der Waals surface area (Å²) in [6.07, 6.45) is -0.593. The summed E-state index contributed by atoms with van der Waals surface area (Å²) in [5.74, 6) is -0.426. The highest BCUT2D eigenvalue weighted by molar-refractivity contribution is 7.17. The van der Waals surface area contributed by atoms with Crippen molar-refractivity contribution in [2.75, 3.05) is 17.7 Å². The molecule has 9 heteroatoms. The molecule has 0 unspecified atom stereocenters. The molecule has 20 heavy (non-hydrogen) atoms. The van der Waals surface area contributed by atoms with Crippen LogP contribution in [0.1, 0.15) is 9.80 Å². The summed E-state index contributed by atoms with van der Waals surface area (Å²) in [5, 5.41) is 12.4. The highest BCUT2D eigenvalue weighted by atomic mass is 35.5. The van der Waals surface area contributed by atoms with Gasteiger partial charge in [-0.25, -0.2) is 4.79 Å². The van der Waals surface area contributed by atoms with Gasteiger partial charge in [0.1, 0.15) is 0 Å². The largest absolute Gasteiger partial charge is 0.453 e. The zero-order valence-electron chi connectivity index (χ0n) is 10.2. The van der Waals surface area contributed by atoms with Crippen LogP contribution in [0.2, 0.25) is 4.47 Å². The molecule has 0 atom stereocenters. The Balaban J connectivity index is 2.08. The third-order valence-corrected chi connectivity index (χ3v) is 3.16. The summed E-state index contributed by atoms with van der Waals surface area (Å²) < 4.78 is 4.67. The van der Waals surface area contributed by atoms with Crippen molar-refractivity contribution in [3.63, 3.8) is 0 Å². The molecule has 1 aromatic heterocycles. The Morgan fingerprint density at radius 3 is 2.55 bits per heavy atom. The van der Waals surface area contributed by atoms with Crippen LogP contribution in [-0.2, 0) is 4.74 Å². The van der Waals surface area contributed by atoms with Crippen molar-refractivity contribution in [1.82, 2.24) is 10.2 Å². The van der Waals surface area contributed by atoms with E-state index in [1.807, 2.05) is 0 Å². The number of anilines is 2. The standard InChI is InChI=1S/C11H9ClN4O3S/c1-19-11(18)14-7-4-2-3-6(5-7)13-8(17)9-15-16-10(12)20-9/h2-5H,1H3,(H,13,17)(H,14,18). The van der Waals surface area contributed by atoms with E-state index in [0.717, 1.165) is 11.3 Å². The fourth-order valence-electron chi connectivity index (χ4n) is 1.33. The van der Waals surface area contributed by atoms with Crippen LogP contribution >= 0.6 is 22.9 Å². The molecular weight excluding hydrogens is 304 g/mol. The third-order valence-electron chi connectivity index (χ3n) is 2.15. The molecule has 2 amide bonds. The molecule has 0 fully saturated rings. The molecule has 7 nitrogen and oxygen atoms in total. The molecule has 2 aromatic rings. The Morgan fingerprint density at radius 2 is 1.95 bits per heavy atom. The molecule has 1 heterocycles. The summed E-state index contributed by atoms with van der Waals surface area (Å²) in [7, 11) is 1.26. The molecule has 2 N–H and O–H groups in total. The van der Waals surface area contributed by atoms with Crippen molar-refractivity contribution in [3.8, 4) is 0 Å². The van der Waals surface area contributed by atoms with Gasteiger partial charge in [-0.3, -0.25) is 10.1 Å². The molecule has 0 saturated heterocycles. The number of aromatic nitrogens is 2. The number of carbonyl (C=O) groups is 2. The Hall–Kier alpha value is -2.19. The number of carbonyl (C=O) groups excluding carboxylic acids is 2. The van der Waals surface area contributed by atoms with E-state index in [1.165, 1.54) is 7.11 Å². The minimum atomic E-state index is -0.593. The van der Waals surface area contributed by atoms with Gasteiger partial charge < -0.3 is 10.1 Å². The van der Waals surface area contributed by atoms with Gasteiger partial charge in [0, 0.05) is 11.4 Å². The molecule has 0 aliphatic heterocycles. The second-order valence-corrected chi connectivity index (χ2v) is 5.07. The lowest BCUT2D eigenvalue weighted by Gasteiger charge is -2.06. The van der Waals surface area contributed by atoms with Crippen molar-refractivity contribution in [3.05, 3.63) is 33.7 Å². The summed E-state index contributed by atoms with van der Waals surface area (Å²) in [4.78, 5) is 22.9. The molecular formula is C11H9ClN4O3S. The highest BCUT2D eigenvalue weighted by Gasteiger charge is 2.12. The predicted molar refractivity (Wildman–Crippen MR) is 75.3 cm³/mol. The topological polar surface area (TPSA) is 93.2 Å². The number of methoxy groups -OCH3 is 1. The summed E-state index contributed by atoms with van der Waals surface area (Å²) in [5.41, 5.74) is 0.986.